The van der Waals surface area contributed by atoms with Crippen LogP contribution in [0.2, 0.25) is 0 Å². The monoisotopic (exact) mass is 707 g/mol. The molecule has 0 nitrogen and oxygen atoms in total. The average molecular weight is 707 g/mol. The fourth-order valence-corrected chi connectivity index (χ4v) is 28.6. The van der Waals surface area contributed by atoms with E-state index in [1.165, 1.54) is 34.0 Å². The van der Waals surface area contributed by atoms with Gasteiger partial charge in [-0.05, 0) is 148 Å². The molecule has 0 atom stereocenters. The summed E-state index contributed by atoms with van der Waals surface area (Å²) in [6, 6.07) is 0. The van der Waals surface area contributed by atoms with Gasteiger partial charge in [-0.1, -0.05) is 139 Å². The highest BCUT2D eigenvalue weighted by atomic mass is 31.1. The van der Waals surface area contributed by atoms with Gasteiger partial charge in [-0.2, -0.15) is 0 Å². The van der Waals surface area contributed by atoms with Crippen molar-refractivity contribution in [3.63, 3.8) is 0 Å². The second-order valence-electron chi connectivity index (χ2n) is 17.3. The first kappa shape index (κ1) is 37.5. The van der Waals surface area contributed by atoms with Gasteiger partial charge in [-0.3, -0.25) is 0 Å². The van der Waals surface area contributed by atoms with E-state index in [0.29, 0.717) is 23.8 Å². The number of hydrogen-bond acceptors (Lipinski definition) is 0. The number of rotatable bonds is 15. The SMILES string of the molecule is C1CCC(P(CCP(CCP(C2CCCCC2)C2CCCCC2)CCP(C2CCCCC2)C2CCCCC2)C2CCCCC2)CC1. The van der Waals surface area contributed by atoms with Crippen LogP contribution in [0.3, 0.4) is 0 Å². The molecule has 6 fully saturated rings. The topological polar surface area (TPSA) is 0 Å². The average Bonchev–Trinajstić information content (AvgIpc) is 3.14. The third-order valence-electron chi connectivity index (χ3n) is 14.3. The largest absolute Gasteiger partial charge is 0.106 e. The molecule has 6 rings (SSSR count). The number of hydrogen-bond donors (Lipinski definition) is 0. The second kappa shape index (κ2) is 21.3. The molecule has 0 aromatic rings. The van der Waals surface area contributed by atoms with Crippen molar-refractivity contribution in [2.75, 3.05) is 37.0 Å². The zero-order valence-corrected chi connectivity index (χ0v) is 34.3. The Balaban J connectivity index is 1.15. The first-order valence-corrected chi connectivity index (χ1v) is 28.7. The van der Waals surface area contributed by atoms with Gasteiger partial charge in [0, 0.05) is 0 Å². The third-order valence-corrected chi connectivity index (χ3v) is 28.9. The smallest absolute Gasteiger partial charge is 0.0207 e. The summed E-state index contributed by atoms with van der Waals surface area (Å²) in [7, 11) is 1.15. The first-order chi connectivity index (χ1) is 22.8. The highest BCUT2D eigenvalue weighted by Crippen LogP contribution is 2.62. The molecule has 0 unspecified atom stereocenters. The van der Waals surface area contributed by atoms with Crippen molar-refractivity contribution in [3.8, 4) is 0 Å². The molecule has 0 spiro atoms. The van der Waals surface area contributed by atoms with Crippen molar-refractivity contribution in [1.29, 1.82) is 0 Å². The Morgan fingerprint density at radius 3 is 0.565 bits per heavy atom. The van der Waals surface area contributed by atoms with E-state index >= 15 is 0 Å². The van der Waals surface area contributed by atoms with E-state index in [4.69, 9.17) is 0 Å². The lowest BCUT2D eigenvalue weighted by molar-refractivity contribution is 0.484. The standard InChI is InChI=1S/C42H78P4/c1-7-19-37(20-8-1)44(38-21-9-2-10-22-38)34-31-43(32-35-45(39-23-11-3-12-24-39)40-25-13-4-14-26-40)33-36-46(41-27-15-5-16-28-41)42-29-17-6-18-30-42/h37-42H,1-36H2. The lowest BCUT2D eigenvalue weighted by Gasteiger charge is -2.41. The Kier molecular flexibility index (Phi) is 17.3. The molecular weight excluding hydrogens is 628 g/mol. The fraction of sp³-hybridized carbons (Fsp3) is 1.00. The van der Waals surface area contributed by atoms with Crippen molar-refractivity contribution in [2.45, 2.75) is 227 Å². The third kappa shape index (κ3) is 11.6. The molecule has 0 bridgehead atoms. The quantitative estimate of drug-likeness (QED) is 0.149. The Hall–Kier alpha value is 1.72. The molecule has 0 heterocycles. The highest BCUT2D eigenvalue weighted by Gasteiger charge is 2.35. The summed E-state index contributed by atoms with van der Waals surface area (Å²) < 4.78 is 0. The zero-order chi connectivity index (χ0) is 31.2. The minimum atomic E-state index is 0.264. The molecule has 6 aliphatic carbocycles. The summed E-state index contributed by atoms with van der Waals surface area (Å²) in [5.41, 5.74) is 7.04. The minimum absolute atomic E-state index is 0.264. The van der Waals surface area contributed by atoms with Crippen molar-refractivity contribution in [3.05, 3.63) is 0 Å². The van der Waals surface area contributed by atoms with Crippen LogP contribution in [0.1, 0.15) is 193 Å². The molecule has 0 aliphatic heterocycles. The van der Waals surface area contributed by atoms with Gasteiger partial charge in [0.2, 0.25) is 0 Å². The van der Waals surface area contributed by atoms with Crippen molar-refractivity contribution in [2.24, 2.45) is 0 Å². The maximum absolute atomic E-state index is 1.73. The van der Waals surface area contributed by atoms with Crippen molar-refractivity contribution < 1.29 is 0 Å². The van der Waals surface area contributed by atoms with Crippen LogP contribution in [-0.4, -0.2) is 70.9 Å². The molecule has 6 aliphatic rings. The zero-order valence-electron chi connectivity index (χ0n) is 30.7. The summed E-state index contributed by atoms with van der Waals surface area (Å²) in [5, 5.41) is 0. The summed E-state index contributed by atoms with van der Waals surface area (Å²) in [5.74, 6) is 0. The van der Waals surface area contributed by atoms with E-state index in [9.17, 15) is 0 Å². The van der Waals surface area contributed by atoms with Crippen LogP contribution in [0.15, 0.2) is 0 Å². The Labute approximate surface area is 294 Å². The molecule has 0 aromatic heterocycles. The van der Waals surface area contributed by atoms with Crippen LogP contribution in [0, 0.1) is 0 Å². The molecule has 0 radical (unpaired) electrons. The van der Waals surface area contributed by atoms with Crippen LogP contribution in [0.4, 0.5) is 0 Å². The van der Waals surface area contributed by atoms with Gasteiger partial charge in [-0.15, -0.1) is 7.92 Å². The lowest BCUT2D eigenvalue weighted by atomic mass is 9.99. The Morgan fingerprint density at radius 2 is 0.391 bits per heavy atom. The van der Waals surface area contributed by atoms with E-state index in [-0.39, 0.29) is 7.92 Å². The summed E-state index contributed by atoms with van der Waals surface area (Å²) in [6.07, 6.45) is 58.1. The van der Waals surface area contributed by atoms with E-state index in [2.05, 4.69) is 0 Å². The summed E-state index contributed by atoms with van der Waals surface area (Å²) in [4.78, 5) is 0. The fourth-order valence-electron chi connectivity index (χ4n) is 11.6. The van der Waals surface area contributed by atoms with Crippen LogP contribution < -0.4 is 0 Å². The van der Waals surface area contributed by atoms with E-state index in [1.54, 1.807) is 230 Å². The van der Waals surface area contributed by atoms with Crippen LogP contribution in [0.25, 0.3) is 0 Å². The minimum Gasteiger partial charge on any atom is -0.106 e. The predicted molar refractivity (Wildman–Crippen MR) is 218 cm³/mol. The molecule has 6 saturated carbocycles. The molecule has 0 saturated heterocycles. The van der Waals surface area contributed by atoms with E-state index in [1.807, 2.05) is 0 Å². The summed E-state index contributed by atoms with van der Waals surface area (Å²) >= 11 is 0. The van der Waals surface area contributed by atoms with E-state index in [0.717, 1.165) is 0 Å². The van der Waals surface area contributed by atoms with Gasteiger partial charge >= 0.3 is 0 Å². The molecule has 0 amide bonds. The molecule has 0 aromatic carbocycles. The van der Waals surface area contributed by atoms with Crippen LogP contribution >= 0.6 is 31.7 Å². The molecule has 4 heteroatoms. The van der Waals surface area contributed by atoms with Gasteiger partial charge in [0.05, 0.1) is 0 Å². The van der Waals surface area contributed by atoms with Gasteiger partial charge in [0.15, 0.2) is 0 Å². The van der Waals surface area contributed by atoms with Crippen LogP contribution in [0.5, 0.6) is 0 Å². The highest BCUT2D eigenvalue weighted by molar-refractivity contribution is 7.65. The first-order valence-electron chi connectivity index (χ1n) is 21.8. The molecule has 0 N–H and O–H groups in total. The Morgan fingerprint density at radius 1 is 0.217 bits per heavy atom. The van der Waals surface area contributed by atoms with Gasteiger partial charge in [-0.25, -0.2) is 0 Å². The maximum Gasteiger partial charge on any atom is -0.0207 e. The lowest BCUT2D eigenvalue weighted by Crippen LogP contribution is -2.25. The van der Waals surface area contributed by atoms with E-state index < -0.39 is 0 Å². The van der Waals surface area contributed by atoms with Crippen molar-refractivity contribution >= 4 is 31.7 Å². The van der Waals surface area contributed by atoms with Gasteiger partial charge in [0.25, 0.3) is 0 Å². The second-order valence-corrected chi connectivity index (χ2v) is 28.8. The maximum atomic E-state index is 1.73. The van der Waals surface area contributed by atoms with Gasteiger partial charge < -0.3 is 0 Å². The summed E-state index contributed by atoms with van der Waals surface area (Å²) in [6.45, 7) is 0. The molecular formula is C42H78P4. The molecule has 46 heavy (non-hydrogen) atoms. The normalized spacial score (nSPS) is 26.6. The Bertz CT molecular complexity index is 623. The van der Waals surface area contributed by atoms with Gasteiger partial charge in [0.1, 0.15) is 0 Å². The predicted octanol–water partition coefficient (Wildman–Crippen LogP) is 14.9. The van der Waals surface area contributed by atoms with Crippen LogP contribution in [-0.2, 0) is 0 Å². The molecule has 266 valence electrons. The van der Waals surface area contributed by atoms with Crippen molar-refractivity contribution in [1.82, 2.24) is 0 Å².